The number of aromatic nitrogens is 1. The Morgan fingerprint density at radius 1 is 1.52 bits per heavy atom. The van der Waals surface area contributed by atoms with E-state index in [9.17, 15) is 9.65 Å². The highest BCUT2D eigenvalue weighted by atomic mass is 19.1. The average molecular weight is 336 g/mol. The van der Waals surface area contributed by atoms with Crippen molar-refractivity contribution in [2.24, 2.45) is 4.99 Å². The van der Waals surface area contributed by atoms with Crippen molar-refractivity contribution in [2.75, 3.05) is 7.05 Å². The molecule has 25 heavy (non-hydrogen) atoms. The zero-order valence-corrected chi connectivity index (χ0v) is 14.5. The quantitative estimate of drug-likeness (QED) is 0.669. The molecule has 1 aromatic carbocycles. The van der Waals surface area contributed by atoms with Crippen molar-refractivity contribution in [2.45, 2.75) is 32.4 Å². The molecule has 0 spiro atoms. The van der Waals surface area contributed by atoms with Crippen LogP contribution in [0.4, 0.5) is 4.39 Å². The van der Waals surface area contributed by atoms with Crippen LogP contribution in [0.3, 0.4) is 0 Å². The number of aliphatic imine (C=N–C) groups is 1. The maximum absolute atomic E-state index is 13.2. The van der Waals surface area contributed by atoms with Gasteiger partial charge in [0.1, 0.15) is 0 Å². The van der Waals surface area contributed by atoms with Gasteiger partial charge in [0.15, 0.2) is 0 Å². The molecule has 1 N–H and O–H groups in total. The van der Waals surface area contributed by atoms with Gasteiger partial charge in [-0.25, -0.2) is 4.99 Å². The zero-order chi connectivity index (χ0) is 18.0. The molecule has 0 aliphatic heterocycles. The van der Waals surface area contributed by atoms with Gasteiger partial charge in [0.25, 0.3) is 0 Å². The third-order valence-corrected chi connectivity index (χ3v) is 4.66. The number of likely N-dealkylation sites (N-methyl/N-ethyl adjacent to an activating group) is 1. The van der Waals surface area contributed by atoms with Crippen LogP contribution < -0.4 is 5.32 Å². The van der Waals surface area contributed by atoms with Gasteiger partial charge >= 0.3 is 0 Å². The maximum Gasteiger partial charge on any atom is 0.205 e. The smallest absolute Gasteiger partial charge is 0.205 e. The highest BCUT2D eigenvalue weighted by Crippen LogP contribution is 2.34. The molecular formula is C20H21FN4. The van der Waals surface area contributed by atoms with Crippen LogP contribution in [0.15, 0.2) is 47.9 Å². The molecule has 0 fully saturated rings. The van der Waals surface area contributed by atoms with Crippen LogP contribution in [0.5, 0.6) is 0 Å². The van der Waals surface area contributed by atoms with E-state index in [-0.39, 0.29) is 0 Å². The van der Waals surface area contributed by atoms with Gasteiger partial charge in [0, 0.05) is 29.1 Å². The molecule has 1 aliphatic rings. The predicted octanol–water partition coefficient (Wildman–Crippen LogP) is 3.66. The van der Waals surface area contributed by atoms with Crippen LogP contribution in [0.2, 0.25) is 0 Å². The summed E-state index contributed by atoms with van der Waals surface area (Å²) in [6.07, 6.45) is 5.48. The lowest BCUT2D eigenvalue weighted by Gasteiger charge is -2.12. The predicted molar refractivity (Wildman–Crippen MR) is 99.4 cm³/mol. The van der Waals surface area contributed by atoms with E-state index in [1.807, 2.05) is 38.2 Å². The van der Waals surface area contributed by atoms with Gasteiger partial charge in [-0.05, 0) is 56.8 Å². The standard InChI is InChI=1S/C20H21FN4/c1-4-5-15(24-13(2)21)12-25-19-7-6-14(11-22)8-17(19)18-9-16(23-3)10-20(18)25/h4-8,16,23H,2,9-10,12H2,1,3H3/b5-4-,24-15+. The van der Waals surface area contributed by atoms with Crippen LogP contribution in [0.25, 0.3) is 10.9 Å². The monoisotopic (exact) mass is 336 g/mol. The molecule has 1 aliphatic carbocycles. The first kappa shape index (κ1) is 17.1. The molecule has 3 rings (SSSR count). The number of halogens is 1. The van der Waals surface area contributed by atoms with Crippen LogP contribution in [-0.2, 0) is 19.4 Å². The van der Waals surface area contributed by atoms with Crippen molar-refractivity contribution >= 4 is 16.6 Å². The average Bonchev–Trinajstić information content (AvgIpc) is 3.13. The second kappa shape index (κ2) is 7.04. The first-order valence-electron chi connectivity index (χ1n) is 8.33. The molecule has 1 heterocycles. The Hall–Kier alpha value is -2.71. The van der Waals surface area contributed by atoms with E-state index in [1.54, 1.807) is 6.08 Å². The van der Waals surface area contributed by atoms with E-state index >= 15 is 0 Å². The molecule has 0 amide bonds. The lowest BCUT2D eigenvalue weighted by atomic mass is 10.1. The summed E-state index contributed by atoms with van der Waals surface area (Å²) in [6.45, 7) is 5.60. The number of fused-ring (bicyclic) bond motifs is 3. The van der Waals surface area contributed by atoms with E-state index in [4.69, 9.17) is 0 Å². The summed E-state index contributed by atoms with van der Waals surface area (Å²) in [5.74, 6) is -0.693. The van der Waals surface area contributed by atoms with Crippen molar-refractivity contribution in [1.82, 2.24) is 9.88 Å². The SMILES string of the molecule is C=C(F)/N=C(\C=C/C)Cn1c2c(c3cc(C#N)ccc31)CC(NC)C2. The lowest BCUT2D eigenvalue weighted by molar-refractivity contribution is 0.583. The van der Waals surface area contributed by atoms with E-state index in [0.717, 1.165) is 23.7 Å². The van der Waals surface area contributed by atoms with Crippen LogP contribution >= 0.6 is 0 Å². The van der Waals surface area contributed by atoms with E-state index in [2.05, 4.69) is 27.5 Å². The van der Waals surface area contributed by atoms with E-state index in [0.29, 0.717) is 23.9 Å². The highest BCUT2D eigenvalue weighted by Gasteiger charge is 2.27. The normalized spacial score (nSPS) is 17.2. The minimum atomic E-state index is -0.693. The molecule has 128 valence electrons. The number of benzene rings is 1. The minimum Gasteiger partial charge on any atom is -0.338 e. The number of hydrogen-bond acceptors (Lipinski definition) is 3. The Balaban J connectivity index is 2.15. The Kier molecular flexibility index (Phi) is 4.82. The molecule has 4 nitrogen and oxygen atoms in total. The summed E-state index contributed by atoms with van der Waals surface area (Å²) < 4.78 is 15.4. The third-order valence-electron chi connectivity index (χ3n) is 4.66. The number of nitrogens with one attached hydrogen (secondary N) is 1. The number of rotatable bonds is 5. The fourth-order valence-corrected chi connectivity index (χ4v) is 3.58. The highest BCUT2D eigenvalue weighted by molar-refractivity contribution is 5.97. The van der Waals surface area contributed by atoms with Gasteiger partial charge in [-0.15, -0.1) is 0 Å². The van der Waals surface area contributed by atoms with Gasteiger partial charge in [0.2, 0.25) is 5.95 Å². The first-order chi connectivity index (χ1) is 12.1. The van der Waals surface area contributed by atoms with E-state index < -0.39 is 5.95 Å². The Labute approximate surface area is 147 Å². The van der Waals surface area contributed by atoms with Crippen LogP contribution in [0, 0.1) is 11.3 Å². The van der Waals surface area contributed by atoms with Gasteiger partial charge < -0.3 is 9.88 Å². The van der Waals surface area contributed by atoms with Gasteiger partial charge in [-0.3, -0.25) is 0 Å². The minimum absolute atomic E-state index is 0.379. The van der Waals surface area contributed by atoms with Crippen molar-refractivity contribution < 1.29 is 4.39 Å². The van der Waals surface area contributed by atoms with E-state index in [1.165, 1.54) is 11.3 Å². The Bertz CT molecular complexity index is 927. The Morgan fingerprint density at radius 3 is 2.96 bits per heavy atom. The van der Waals surface area contributed by atoms with Gasteiger partial charge in [0.05, 0.1) is 23.9 Å². The summed E-state index contributed by atoms with van der Waals surface area (Å²) in [6, 6.07) is 8.33. The first-order valence-corrected chi connectivity index (χ1v) is 8.33. The second-order valence-electron chi connectivity index (χ2n) is 6.23. The van der Waals surface area contributed by atoms with Gasteiger partial charge in [-0.1, -0.05) is 6.08 Å². The molecule has 1 atom stereocenters. The van der Waals surface area contributed by atoms with Crippen molar-refractivity contribution in [3.8, 4) is 6.07 Å². The molecule has 1 aromatic heterocycles. The van der Waals surface area contributed by atoms with Gasteiger partial charge in [-0.2, -0.15) is 9.65 Å². The summed E-state index contributed by atoms with van der Waals surface area (Å²) in [5.41, 5.74) is 4.82. The number of hydrogen-bond donors (Lipinski definition) is 1. The summed E-state index contributed by atoms with van der Waals surface area (Å²) in [5, 5.41) is 13.7. The maximum atomic E-state index is 13.2. The molecular weight excluding hydrogens is 315 g/mol. The largest absolute Gasteiger partial charge is 0.338 e. The molecule has 0 radical (unpaired) electrons. The molecule has 0 bridgehead atoms. The molecule has 0 saturated heterocycles. The topological polar surface area (TPSA) is 53.1 Å². The Morgan fingerprint density at radius 2 is 2.32 bits per heavy atom. The van der Waals surface area contributed by atoms with Crippen molar-refractivity contribution in [1.29, 1.82) is 5.26 Å². The summed E-state index contributed by atoms with van der Waals surface area (Å²) in [4.78, 5) is 3.93. The summed E-state index contributed by atoms with van der Waals surface area (Å²) in [7, 11) is 1.96. The molecule has 1 unspecified atom stereocenters. The van der Waals surface area contributed by atoms with Crippen LogP contribution in [0.1, 0.15) is 23.7 Å². The van der Waals surface area contributed by atoms with Crippen molar-refractivity contribution in [3.63, 3.8) is 0 Å². The lowest BCUT2D eigenvalue weighted by Crippen LogP contribution is -2.26. The zero-order valence-electron chi connectivity index (χ0n) is 14.5. The number of nitrogens with zero attached hydrogens (tertiary/aromatic N) is 3. The number of allylic oxidation sites excluding steroid dienone is 2. The fraction of sp³-hybridized carbons (Fsp3) is 0.300. The number of nitriles is 1. The molecule has 0 saturated carbocycles. The molecule has 2 aromatic rings. The fourth-order valence-electron chi connectivity index (χ4n) is 3.58. The van der Waals surface area contributed by atoms with Crippen molar-refractivity contribution in [3.05, 3.63) is 59.7 Å². The van der Waals surface area contributed by atoms with Crippen LogP contribution in [-0.4, -0.2) is 23.4 Å². The molecule has 5 heteroatoms. The summed E-state index contributed by atoms with van der Waals surface area (Å²) >= 11 is 0. The third kappa shape index (κ3) is 3.26. The second-order valence-corrected chi connectivity index (χ2v) is 6.23.